The summed E-state index contributed by atoms with van der Waals surface area (Å²) in [7, 11) is 1.59. The highest BCUT2D eigenvalue weighted by molar-refractivity contribution is 5.97. The molecule has 5 nitrogen and oxygen atoms in total. The molecular formula is C25H20O5. The van der Waals surface area contributed by atoms with Gasteiger partial charge in [-0.05, 0) is 61.4 Å². The number of esters is 1. The number of hydrogen-bond donors (Lipinski definition) is 0. The molecule has 0 aliphatic carbocycles. The molecule has 0 unspecified atom stereocenters. The number of ether oxygens (including phenoxy) is 2. The van der Waals surface area contributed by atoms with Crippen LogP contribution in [0.3, 0.4) is 0 Å². The quantitative estimate of drug-likeness (QED) is 0.435. The minimum absolute atomic E-state index is 0.202. The number of benzene rings is 2. The zero-order valence-electron chi connectivity index (χ0n) is 16.9. The molecule has 5 heteroatoms. The molecule has 0 amide bonds. The van der Waals surface area contributed by atoms with Crippen LogP contribution in [0.15, 0.2) is 75.9 Å². The molecule has 4 rings (SSSR count). The summed E-state index contributed by atoms with van der Waals surface area (Å²) in [4.78, 5) is 25.8. The Kier molecular flexibility index (Phi) is 5.11. The molecule has 0 aliphatic rings. The van der Waals surface area contributed by atoms with Crippen LogP contribution in [0.4, 0.5) is 0 Å². The number of carbonyl (C=O) groups excluding carboxylic acids is 1. The van der Waals surface area contributed by atoms with Gasteiger partial charge in [0, 0.05) is 0 Å². The van der Waals surface area contributed by atoms with Crippen LogP contribution in [0.25, 0.3) is 21.9 Å². The van der Waals surface area contributed by atoms with Gasteiger partial charge >= 0.3 is 5.97 Å². The second-order valence-electron chi connectivity index (χ2n) is 6.92. The average molecular weight is 400 g/mol. The Morgan fingerprint density at radius 2 is 1.50 bits per heavy atom. The second-order valence-corrected chi connectivity index (χ2v) is 6.92. The molecule has 0 N–H and O–H groups in total. The number of methoxy groups -OCH3 is 1. The van der Waals surface area contributed by atoms with Crippen molar-refractivity contribution < 1.29 is 18.7 Å². The van der Waals surface area contributed by atoms with Crippen LogP contribution in [0.5, 0.6) is 11.5 Å². The maximum atomic E-state index is 13.0. The lowest BCUT2D eigenvalue weighted by Crippen LogP contribution is -2.08. The standard InChI is InChI=1S/C25H20O5/c1-15-23-21(26)13-19(17-9-11-20(28-3)12-10-17)14-22(24(23)16(2)29-15)30-25(27)18-7-5-4-6-8-18/h4-14H,1-3H3. The van der Waals surface area contributed by atoms with Crippen molar-refractivity contribution in [3.8, 4) is 22.6 Å². The van der Waals surface area contributed by atoms with Crippen LogP contribution in [0.2, 0.25) is 0 Å². The van der Waals surface area contributed by atoms with Crippen molar-refractivity contribution in [3.05, 3.63) is 94.0 Å². The lowest BCUT2D eigenvalue weighted by Gasteiger charge is -2.06. The summed E-state index contributed by atoms with van der Waals surface area (Å²) < 4.78 is 16.7. The number of rotatable bonds is 4. The summed E-state index contributed by atoms with van der Waals surface area (Å²) in [5.74, 6) is 1.49. The Morgan fingerprint density at radius 1 is 0.833 bits per heavy atom. The predicted molar refractivity (Wildman–Crippen MR) is 115 cm³/mol. The molecule has 0 radical (unpaired) electrons. The van der Waals surface area contributed by atoms with Crippen molar-refractivity contribution in [3.63, 3.8) is 0 Å². The first-order chi connectivity index (χ1) is 14.5. The smallest absolute Gasteiger partial charge is 0.343 e. The van der Waals surface area contributed by atoms with Crippen molar-refractivity contribution in [1.82, 2.24) is 0 Å². The van der Waals surface area contributed by atoms with Crippen LogP contribution >= 0.6 is 0 Å². The summed E-state index contributed by atoms with van der Waals surface area (Å²) in [6, 6.07) is 19.3. The van der Waals surface area contributed by atoms with E-state index >= 15 is 0 Å². The van der Waals surface area contributed by atoms with Gasteiger partial charge < -0.3 is 13.9 Å². The number of carbonyl (C=O) groups is 1. The molecule has 0 spiro atoms. The lowest BCUT2D eigenvalue weighted by molar-refractivity contribution is 0.0737. The molecule has 4 aromatic rings. The maximum Gasteiger partial charge on any atom is 0.343 e. The molecule has 0 bridgehead atoms. The van der Waals surface area contributed by atoms with Crippen LogP contribution in [0.1, 0.15) is 21.9 Å². The predicted octanol–water partition coefficient (Wildman–Crippen LogP) is 5.30. The van der Waals surface area contributed by atoms with E-state index in [9.17, 15) is 9.59 Å². The van der Waals surface area contributed by atoms with E-state index in [0.717, 1.165) is 5.56 Å². The van der Waals surface area contributed by atoms with E-state index in [1.165, 1.54) is 6.07 Å². The van der Waals surface area contributed by atoms with E-state index in [0.29, 0.717) is 39.2 Å². The molecular weight excluding hydrogens is 380 g/mol. The third-order valence-electron chi connectivity index (χ3n) is 4.96. The van der Waals surface area contributed by atoms with Crippen LogP contribution in [-0.2, 0) is 0 Å². The van der Waals surface area contributed by atoms with Crippen molar-refractivity contribution in [2.75, 3.05) is 7.11 Å². The number of hydrogen-bond acceptors (Lipinski definition) is 5. The fourth-order valence-corrected chi connectivity index (χ4v) is 3.51. The first-order valence-corrected chi connectivity index (χ1v) is 9.47. The fraction of sp³-hybridized carbons (Fsp3) is 0.120. The van der Waals surface area contributed by atoms with Gasteiger partial charge in [0.2, 0.25) is 0 Å². The topological polar surface area (TPSA) is 65.7 Å². The third kappa shape index (κ3) is 3.57. The van der Waals surface area contributed by atoms with E-state index < -0.39 is 5.97 Å². The van der Waals surface area contributed by atoms with Gasteiger partial charge in [-0.2, -0.15) is 0 Å². The fourth-order valence-electron chi connectivity index (χ4n) is 3.51. The van der Waals surface area contributed by atoms with E-state index in [1.807, 2.05) is 30.3 Å². The van der Waals surface area contributed by atoms with Gasteiger partial charge in [-0.3, -0.25) is 4.79 Å². The lowest BCUT2D eigenvalue weighted by atomic mass is 10.1. The normalized spacial score (nSPS) is 10.8. The Bertz CT molecular complexity index is 1290. The van der Waals surface area contributed by atoms with Crippen LogP contribution < -0.4 is 14.9 Å². The zero-order valence-corrected chi connectivity index (χ0v) is 16.9. The number of furan rings is 1. The maximum absolute atomic E-state index is 13.0. The summed E-state index contributed by atoms with van der Waals surface area (Å²) in [6.45, 7) is 3.48. The van der Waals surface area contributed by atoms with Crippen molar-refractivity contribution in [1.29, 1.82) is 0 Å². The average Bonchev–Trinajstić information content (AvgIpc) is 2.97. The molecule has 0 aliphatic heterocycles. The second kappa shape index (κ2) is 7.87. The van der Waals surface area contributed by atoms with E-state index in [-0.39, 0.29) is 11.2 Å². The summed E-state index contributed by atoms with van der Waals surface area (Å²) in [6.07, 6.45) is 0. The summed E-state index contributed by atoms with van der Waals surface area (Å²) >= 11 is 0. The van der Waals surface area contributed by atoms with Crippen molar-refractivity contribution in [2.24, 2.45) is 0 Å². The van der Waals surface area contributed by atoms with E-state index in [2.05, 4.69) is 0 Å². The first-order valence-electron chi connectivity index (χ1n) is 9.47. The Labute approximate surface area is 173 Å². The molecule has 1 heterocycles. The summed E-state index contributed by atoms with van der Waals surface area (Å²) in [5, 5.41) is 0.907. The Hall–Kier alpha value is -3.86. The highest BCUT2D eigenvalue weighted by Gasteiger charge is 2.19. The number of fused-ring (bicyclic) bond motifs is 1. The minimum atomic E-state index is -0.505. The largest absolute Gasteiger partial charge is 0.497 e. The Morgan fingerprint density at radius 3 is 2.17 bits per heavy atom. The zero-order chi connectivity index (χ0) is 21.3. The van der Waals surface area contributed by atoms with Gasteiger partial charge in [0.25, 0.3) is 0 Å². The van der Waals surface area contributed by atoms with Gasteiger partial charge in [0.1, 0.15) is 23.0 Å². The molecule has 1 aromatic heterocycles. The van der Waals surface area contributed by atoms with Crippen LogP contribution in [0, 0.1) is 13.8 Å². The van der Waals surface area contributed by atoms with Crippen molar-refractivity contribution in [2.45, 2.75) is 13.8 Å². The highest BCUT2D eigenvalue weighted by Crippen LogP contribution is 2.34. The molecule has 0 saturated carbocycles. The SMILES string of the molecule is COc1ccc(-c2cc(OC(=O)c3ccccc3)c3c(C)oc(C)c3c(=O)c2)cc1. The van der Waals surface area contributed by atoms with Gasteiger partial charge in [-0.15, -0.1) is 0 Å². The van der Waals surface area contributed by atoms with E-state index in [4.69, 9.17) is 13.9 Å². The third-order valence-corrected chi connectivity index (χ3v) is 4.96. The Balaban J connectivity index is 1.93. The number of aryl methyl sites for hydroxylation is 2. The van der Waals surface area contributed by atoms with Crippen LogP contribution in [-0.4, -0.2) is 13.1 Å². The first kappa shape index (κ1) is 19.5. The summed E-state index contributed by atoms with van der Waals surface area (Å²) in [5.41, 5.74) is 1.65. The molecule has 3 aromatic carbocycles. The molecule has 150 valence electrons. The van der Waals surface area contributed by atoms with Gasteiger partial charge in [0.05, 0.1) is 23.4 Å². The molecule has 0 saturated heterocycles. The van der Waals surface area contributed by atoms with Crippen molar-refractivity contribution >= 4 is 16.7 Å². The van der Waals surface area contributed by atoms with E-state index in [1.54, 1.807) is 51.3 Å². The molecule has 0 fully saturated rings. The van der Waals surface area contributed by atoms with Gasteiger partial charge in [-0.25, -0.2) is 4.79 Å². The molecule has 30 heavy (non-hydrogen) atoms. The highest BCUT2D eigenvalue weighted by atomic mass is 16.5. The minimum Gasteiger partial charge on any atom is -0.497 e. The van der Waals surface area contributed by atoms with Gasteiger partial charge in [0.15, 0.2) is 5.43 Å². The monoisotopic (exact) mass is 400 g/mol. The van der Waals surface area contributed by atoms with Gasteiger partial charge in [-0.1, -0.05) is 30.3 Å². The molecule has 0 atom stereocenters.